The van der Waals surface area contributed by atoms with Gasteiger partial charge in [-0.2, -0.15) is 0 Å². The number of rotatable bonds is 2. The number of carbonyl (C=O) groups excluding carboxylic acids is 2. The van der Waals surface area contributed by atoms with E-state index in [0.717, 1.165) is 35.1 Å². The summed E-state index contributed by atoms with van der Waals surface area (Å²) in [5.41, 5.74) is 2.31. The zero-order valence-electron chi connectivity index (χ0n) is 11.5. The molecule has 1 N–H and O–H groups in total. The third-order valence-electron chi connectivity index (χ3n) is 3.58. The fourth-order valence-electron chi connectivity index (χ4n) is 2.59. The number of amides is 1. The van der Waals surface area contributed by atoms with Gasteiger partial charge in [-0.1, -0.05) is 0 Å². The van der Waals surface area contributed by atoms with Crippen LogP contribution in [0.5, 0.6) is 5.75 Å². The lowest BCUT2D eigenvalue weighted by molar-refractivity contribution is -0.124. The van der Waals surface area contributed by atoms with Crippen LogP contribution in [0.4, 0.5) is 0 Å². The first-order valence-corrected chi connectivity index (χ1v) is 6.61. The van der Waals surface area contributed by atoms with Crippen molar-refractivity contribution < 1.29 is 14.3 Å². The number of ether oxygens (including phenoxy) is 1. The molecular weight excluding hydrogens is 256 g/mol. The third-order valence-corrected chi connectivity index (χ3v) is 3.58. The average Bonchev–Trinajstić information content (AvgIpc) is 2.90. The SMILES string of the molecule is CN(C)C(=O)C(=O)c1c[nH]c2ccc3c(c12)CCCO3. The van der Waals surface area contributed by atoms with Gasteiger partial charge >= 0.3 is 0 Å². The Hall–Kier alpha value is -2.30. The van der Waals surface area contributed by atoms with Gasteiger partial charge in [0.15, 0.2) is 0 Å². The van der Waals surface area contributed by atoms with Crippen LogP contribution in [0, 0.1) is 0 Å². The zero-order valence-corrected chi connectivity index (χ0v) is 11.5. The minimum atomic E-state index is -0.514. The van der Waals surface area contributed by atoms with Crippen LogP contribution in [-0.2, 0) is 11.2 Å². The fourth-order valence-corrected chi connectivity index (χ4v) is 2.59. The highest BCUT2D eigenvalue weighted by Crippen LogP contribution is 2.34. The molecular formula is C15H16N2O3. The molecule has 1 aromatic carbocycles. The van der Waals surface area contributed by atoms with Crippen LogP contribution >= 0.6 is 0 Å². The molecule has 5 heteroatoms. The van der Waals surface area contributed by atoms with E-state index in [0.29, 0.717) is 12.2 Å². The number of fused-ring (bicyclic) bond motifs is 3. The number of Topliss-reactive ketones (excluding diaryl/α,β-unsaturated/α-hetero) is 1. The van der Waals surface area contributed by atoms with E-state index in [1.54, 1.807) is 20.3 Å². The van der Waals surface area contributed by atoms with E-state index in [1.807, 2.05) is 12.1 Å². The van der Waals surface area contributed by atoms with E-state index in [2.05, 4.69) is 4.98 Å². The van der Waals surface area contributed by atoms with E-state index in [4.69, 9.17) is 4.74 Å². The largest absolute Gasteiger partial charge is 0.493 e. The number of nitrogens with zero attached hydrogens (tertiary/aromatic N) is 1. The Morgan fingerprint density at radius 3 is 2.85 bits per heavy atom. The van der Waals surface area contributed by atoms with Crippen molar-refractivity contribution in [1.29, 1.82) is 0 Å². The molecule has 3 rings (SSSR count). The highest BCUT2D eigenvalue weighted by Gasteiger charge is 2.25. The number of carbonyl (C=O) groups is 2. The van der Waals surface area contributed by atoms with Gasteiger partial charge in [0, 0.05) is 36.8 Å². The molecule has 5 nitrogen and oxygen atoms in total. The molecule has 1 amide bonds. The maximum Gasteiger partial charge on any atom is 0.294 e. The lowest BCUT2D eigenvalue weighted by Crippen LogP contribution is -2.29. The Labute approximate surface area is 116 Å². The van der Waals surface area contributed by atoms with Crippen molar-refractivity contribution >= 4 is 22.6 Å². The smallest absolute Gasteiger partial charge is 0.294 e. The molecule has 2 aromatic rings. The fraction of sp³-hybridized carbons (Fsp3) is 0.333. The van der Waals surface area contributed by atoms with E-state index >= 15 is 0 Å². The summed E-state index contributed by atoms with van der Waals surface area (Å²) in [5.74, 6) is -0.185. The van der Waals surface area contributed by atoms with Crippen LogP contribution in [0.1, 0.15) is 22.3 Å². The predicted molar refractivity (Wildman–Crippen MR) is 75.1 cm³/mol. The van der Waals surface area contributed by atoms with Crippen molar-refractivity contribution in [3.05, 3.63) is 29.5 Å². The molecule has 1 aliphatic rings. The molecule has 2 heterocycles. The Morgan fingerprint density at radius 1 is 1.30 bits per heavy atom. The van der Waals surface area contributed by atoms with Gasteiger partial charge < -0.3 is 14.6 Å². The van der Waals surface area contributed by atoms with Crippen molar-refractivity contribution in [1.82, 2.24) is 9.88 Å². The van der Waals surface area contributed by atoms with Crippen LogP contribution < -0.4 is 4.74 Å². The number of H-pyrrole nitrogens is 1. The highest BCUT2D eigenvalue weighted by atomic mass is 16.5. The van der Waals surface area contributed by atoms with Crippen LogP contribution in [0.3, 0.4) is 0 Å². The summed E-state index contributed by atoms with van der Waals surface area (Å²) in [6, 6.07) is 3.80. The first-order chi connectivity index (χ1) is 9.59. The number of aromatic nitrogens is 1. The monoisotopic (exact) mass is 272 g/mol. The minimum Gasteiger partial charge on any atom is -0.493 e. The lowest BCUT2D eigenvalue weighted by atomic mass is 9.97. The van der Waals surface area contributed by atoms with Gasteiger partial charge in [0.2, 0.25) is 0 Å². The number of aryl methyl sites for hydroxylation is 1. The van der Waals surface area contributed by atoms with Crippen molar-refractivity contribution in [3.8, 4) is 5.75 Å². The van der Waals surface area contributed by atoms with Crippen LogP contribution in [0.25, 0.3) is 10.9 Å². The van der Waals surface area contributed by atoms with E-state index in [1.165, 1.54) is 4.90 Å². The Bertz CT molecular complexity index is 700. The van der Waals surface area contributed by atoms with E-state index in [-0.39, 0.29) is 0 Å². The zero-order chi connectivity index (χ0) is 14.3. The number of aromatic amines is 1. The topological polar surface area (TPSA) is 62.4 Å². The summed E-state index contributed by atoms with van der Waals surface area (Å²) in [7, 11) is 3.15. The molecule has 0 aliphatic carbocycles. The van der Waals surface area contributed by atoms with Gasteiger partial charge in [-0.25, -0.2) is 0 Å². The van der Waals surface area contributed by atoms with Crippen LogP contribution in [-0.4, -0.2) is 42.3 Å². The van der Waals surface area contributed by atoms with Gasteiger partial charge in [-0.3, -0.25) is 9.59 Å². The summed E-state index contributed by atoms with van der Waals surface area (Å²) >= 11 is 0. The second-order valence-electron chi connectivity index (χ2n) is 5.15. The first-order valence-electron chi connectivity index (χ1n) is 6.61. The van der Waals surface area contributed by atoms with Gasteiger partial charge in [0.1, 0.15) is 5.75 Å². The number of hydrogen-bond donors (Lipinski definition) is 1. The maximum absolute atomic E-state index is 12.3. The Morgan fingerprint density at radius 2 is 2.10 bits per heavy atom. The average molecular weight is 272 g/mol. The molecule has 0 atom stereocenters. The van der Waals surface area contributed by atoms with Crippen LogP contribution in [0.2, 0.25) is 0 Å². The summed E-state index contributed by atoms with van der Waals surface area (Å²) in [5, 5.41) is 0.822. The number of nitrogens with one attached hydrogen (secondary N) is 1. The van der Waals surface area contributed by atoms with Gasteiger partial charge in [-0.15, -0.1) is 0 Å². The minimum absolute atomic E-state index is 0.432. The molecule has 0 saturated heterocycles. The predicted octanol–water partition coefficient (Wildman–Crippen LogP) is 1.76. The van der Waals surface area contributed by atoms with Crippen molar-refractivity contribution in [2.24, 2.45) is 0 Å². The quantitative estimate of drug-likeness (QED) is 0.669. The third kappa shape index (κ3) is 1.86. The molecule has 104 valence electrons. The standard InChI is InChI=1S/C15H16N2O3/c1-17(2)15(19)14(18)10-8-16-11-5-6-12-9(13(10)11)4-3-7-20-12/h5-6,8,16H,3-4,7H2,1-2H3. The molecule has 1 aromatic heterocycles. The summed E-state index contributed by atoms with van der Waals surface area (Å²) < 4.78 is 5.62. The van der Waals surface area contributed by atoms with Crippen molar-refractivity contribution in [2.45, 2.75) is 12.8 Å². The number of likely N-dealkylation sites (N-methyl/N-ethyl adjacent to an activating group) is 1. The highest BCUT2D eigenvalue weighted by molar-refractivity contribution is 6.44. The summed E-state index contributed by atoms with van der Waals surface area (Å²) in [4.78, 5) is 28.5. The summed E-state index contributed by atoms with van der Waals surface area (Å²) in [6.45, 7) is 0.697. The molecule has 0 bridgehead atoms. The lowest BCUT2D eigenvalue weighted by Gasteiger charge is -2.18. The number of hydrogen-bond acceptors (Lipinski definition) is 3. The van der Waals surface area contributed by atoms with Crippen molar-refractivity contribution in [3.63, 3.8) is 0 Å². The van der Waals surface area contributed by atoms with Gasteiger partial charge in [0.05, 0.1) is 12.2 Å². The molecule has 0 unspecified atom stereocenters. The normalized spacial score (nSPS) is 13.7. The number of benzene rings is 1. The molecule has 1 aliphatic heterocycles. The van der Waals surface area contributed by atoms with Crippen LogP contribution in [0.15, 0.2) is 18.3 Å². The Balaban J connectivity index is 2.17. The van der Waals surface area contributed by atoms with Gasteiger partial charge in [-0.05, 0) is 25.0 Å². The second-order valence-corrected chi connectivity index (χ2v) is 5.15. The molecule has 0 saturated carbocycles. The second kappa shape index (κ2) is 4.67. The Kier molecular flexibility index (Phi) is 2.97. The molecule has 20 heavy (non-hydrogen) atoms. The molecule has 0 radical (unpaired) electrons. The van der Waals surface area contributed by atoms with E-state index < -0.39 is 11.7 Å². The van der Waals surface area contributed by atoms with E-state index in [9.17, 15) is 9.59 Å². The molecule has 0 spiro atoms. The summed E-state index contributed by atoms with van der Waals surface area (Å²) in [6.07, 6.45) is 3.40. The number of ketones is 1. The van der Waals surface area contributed by atoms with Crippen molar-refractivity contribution in [2.75, 3.05) is 20.7 Å². The first kappa shape index (κ1) is 12.7. The molecule has 0 fully saturated rings. The maximum atomic E-state index is 12.3. The van der Waals surface area contributed by atoms with Gasteiger partial charge in [0.25, 0.3) is 11.7 Å².